The lowest BCUT2D eigenvalue weighted by Gasteiger charge is -2.05. The molecule has 0 saturated heterocycles. The van der Waals surface area contributed by atoms with Gasteiger partial charge in [-0.25, -0.2) is 0 Å². The minimum Gasteiger partial charge on any atom is -0.494 e. The van der Waals surface area contributed by atoms with E-state index >= 15 is 0 Å². The summed E-state index contributed by atoms with van der Waals surface area (Å²) >= 11 is 5.19. The van der Waals surface area contributed by atoms with Crippen LogP contribution in [0.25, 0.3) is 10.9 Å². The number of anilines is 1. The number of hydrogen-bond donors (Lipinski definition) is 3. The first-order valence-electron chi connectivity index (χ1n) is 7.84. The summed E-state index contributed by atoms with van der Waals surface area (Å²) in [5.74, 6) is 0.761. The maximum Gasteiger partial charge on any atom is 0.218 e. The van der Waals surface area contributed by atoms with Crippen molar-refractivity contribution in [3.8, 4) is 11.6 Å². The Morgan fingerprint density at radius 2 is 2.00 bits per heavy atom. The zero-order chi connectivity index (χ0) is 17.8. The largest absolute Gasteiger partial charge is 0.494 e. The number of thiocarbonyl (C=S) groups is 1. The smallest absolute Gasteiger partial charge is 0.218 e. The van der Waals surface area contributed by atoms with E-state index in [1.807, 2.05) is 56.3 Å². The van der Waals surface area contributed by atoms with E-state index in [1.165, 1.54) is 0 Å². The predicted octanol–water partition coefficient (Wildman–Crippen LogP) is 5.06. The number of aromatic hydroxyl groups is 1. The van der Waals surface area contributed by atoms with Gasteiger partial charge in [0.15, 0.2) is 5.69 Å². The number of H-pyrrole nitrogens is 1. The molecule has 0 aliphatic carbocycles. The Hall–Kier alpha value is -2.93. The summed E-state index contributed by atoms with van der Waals surface area (Å²) in [5, 5.41) is 22.1. The zero-order valence-corrected chi connectivity index (χ0v) is 14.7. The minimum atomic E-state index is -0.0306. The van der Waals surface area contributed by atoms with Crippen molar-refractivity contribution in [1.29, 1.82) is 0 Å². The Bertz CT molecular complexity index is 932. The lowest BCUT2D eigenvalue weighted by molar-refractivity contribution is 0.340. The lowest BCUT2D eigenvalue weighted by atomic mass is 10.1. The quantitative estimate of drug-likeness (QED) is 0.452. The standard InChI is InChI=1S/C18H18N4O2S/c1-3-24-13-9-7-12(8-10-13)19-18(25)22-21-16-14-6-4-5-11(2)15(14)20-17(16)23/h4-10,20,23H,3H2,1-2H3,(H,19,25). The topological polar surface area (TPSA) is 82.0 Å². The summed E-state index contributed by atoms with van der Waals surface area (Å²) in [6.45, 7) is 4.51. The van der Waals surface area contributed by atoms with Crippen molar-refractivity contribution in [3.05, 3.63) is 48.0 Å². The Kier molecular flexibility index (Phi) is 4.95. The Morgan fingerprint density at radius 3 is 2.72 bits per heavy atom. The van der Waals surface area contributed by atoms with Gasteiger partial charge < -0.3 is 20.1 Å². The summed E-state index contributed by atoms with van der Waals surface area (Å²) < 4.78 is 5.39. The van der Waals surface area contributed by atoms with Gasteiger partial charge in [0.1, 0.15) is 5.75 Å². The molecular weight excluding hydrogens is 336 g/mol. The van der Waals surface area contributed by atoms with E-state index < -0.39 is 0 Å². The molecule has 3 aromatic rings. The fourth-order valence-electron chi connectivity index (χ4n) is 2.48. The number of azo groups is 1. The number of para-hydroxylation sites is 1. The molecule has 128 valence electrons. The normalized spacial score (nSPS) is 11.1. The monoisotopic (exact) mass is 354 g/mol. The number of nitrogens with one attached hydrogen (secondary N) is 2. The van der Waals surface area contributed by atoms with E-state index in [1.54, 1.807) is 0 Å². The number of nitrogens with zero attached hydrogens (tertiary/aromatic N) is 2. The molecule has 0 radical (unpaired) electrons. The van der Waals surface area contributed by atoms with E-state index in [4.69, 9.17) is 17.0 Å². The van der Waals surface area contributed by atoms with Gasteiger partial charge in [-0.2, -0.15) is 0 Å². The molecule has 7 heteroatoms. The molecule has 1 heterocycles. The number of aryl methyl sites for hydroxylation is 1. The maximum atomic E-state index is 10.1. The number of aromatic nitrogens is 1. The van der Waals surface area contributed by atoms with Crippen molar-refractivity contribution in [2.45, 2.75) is 13.8 Å². The highest BCUT2D eigenvalue weighted by molar-refractivity contribution is 7.80. The van der Waals surface area contributed by atoms with Crippen molar-refractivity contribution in [1.82, 2.24) is 4.98 Å². The third-order valence-corrected chi connectivity index (χ3v) is 3.84. The van der Waals surface area contributed by atoms with Crippen LogP contribution in [0.4, 0.5) is 11.4 Å². The van der Waals surface area contributed by atoms with Crippen LogP contribution in [-0.2, 0) is 0 Å². The van der Waals surface area contributed by atoms with Crippen molar-refractivity contribution >= 4 is 39.6 Å². The molecular formula is C18H18N4O2S. The minimum absolute atomic E-state index is 0.0306. The molecule has 0 aliphatic heterocycles. The molecule has 3 rings (SSSR count). The van der Waals surface area contributed by atoms with Crippen molar-refractivity contribution in [2.75, 3.05) is 11.9 Å². The number of fused-ring (bicyclic) bond motifs is 1. The van der Waals surface area contributed by atoms with Crippen LogP contribution in [-0.4, -0.2) is 21.8 Å². The molecule has 0 saturated carbocycles. The molecule has 0 fully saturated rings. The second-order valence-corrected chi connectivity index (χ2v) is 5.79. The van der Waals surface area contributed by atoms with E-state index in [0.717, 1.165) is 27.9 Å². The first kappa shape index (κ1) is 16.9. The SMILES string of the molecule is CCOc1ccc(NC(=S)N=Nc2c(O)[nH]c3c(C)cccc23)cc1. The Balaban J connectivity index is 1.75. The first-order valence-corrected chi connectivity index (χ1v) is 8.25. The summed E-state index contributed by atoms with van der Waals surface area (Å²) in [6.07, 6.45) is 0. The van der Waals surface area contributed by atoms with E-state index in [-0.39, 0.29) is 11.0 Å². The van der Waals surface area contributed by atoms with Gasteiger partial charge in [0.25, 0.3) is 0 Å². The summed E-state index contributed by atoms with van der Waals surface area (Å²) in [7, 11) is 0. The summed E-state index contributed by atoms with van der Waals surface area (Å²) in [5.41, 5.74) is 3.00. The lowest BCUT2D eigenvalue weighted by Crippen LogP contribution is -2.04. The van der Waals surface area contributed by atoms with Gasteiger partial charge in [-0.3, -0.25) is 0 Å². The van der Waals surface area contributed by atoms with Gasteiger partial charge in [-0.1, -0.05) is 18.2 Å². The second kappa shape index (κ2) is 7.31. The van der Waals surface area contributed by atoms with Crippen LogP contribution in [0.2, 0.25) is 0 Å². The number of hydrogen-bond acceptors (Lipinski definition) is 4. The van der Waals surface area contributed by atoms with Gasteiger partial charge in [-0.05, 0) is 55.9 Å². The average Bonchev–Trinajstić information content (AvgIpc) is 2.92. The first-order chi connectivity index (χ1) is 12.1. The van der Waals surface area contributed by atoms with E-state index in [2.05, 4.69) is 20.5 Å². The number of ether oxygens (including phenoxy) is 1. The number of benzene rings is 2. The Labute approximate surface area is 150 Å². The summed E-state index contributed by atoms with van der Waals surface area (Å²) in [4.78, 5) is 2.91. The molecule has 0 atom stereocenters. The highest BCUT2D eigenvalue weighted by Gasteiger charge is 2.11. The van der Waals surface area contributed by atoms with Crippen LogP contribution in [0, 0.1) is 6.92 Å². The van der Waals surface area contributed by atoms with Crippen molar-refractivity contribution in [2.24, 2.45) is 10.2 Å². The second-order valence-electron chi connectivity index (χ2n) is 5.41. The highest BCUT2D eigenvalue weighted by atomic mass is 32.1. The van der Waals surface area contributed by atoms with Crippen LogP contribution >= 0.6 is 12.2 Å². The summed E-state index contributed by atoms with van der Waals surface area (Å²) in [6, 6.07) is 13.1. The van der Waals surface area contributed by atoms with Gasteiger partial charge in [0.2, 0.25) is 11.0 Å². The molecule has 2 aromatic carbocycles. The third-order valence-electron chi connectivity index (χ3n) is 3.65. The van der Waals surface area contributed by atoms with Crippen LogP contribution in [0.15, 0.2) is 52.7 Å². The average molecular weight is 354 g/mol. The van der Waals surface area contributed by atoms with Gasteiger partial charge in [-0.15, -0.1) is 10.2 Å². The molecule has 6 nitrogen and oxygen atoms in total. The van der Waals surface area contributed by atoms with Crippen LogP contribution in [0.3, 0.4) is 0 Å². The number of aromatic amines is 1. The molecule has 0 amide bonds. The predicted molar refractivity (Wildman–Crippen MR) is 103 cm³/mol. The molecule has 0 spiro atoms. The van der Waals surface area contributed by atoms with Gasteiger partial charge in [0, 0.05) is 11.1 Å². The maximum absolute atomic E-state index is 10.1. The zero-order valence-electron chi connectivity index (χ0n) is 13.9. The molecule has 0 aliphatic rings. The van der Waals surface area contributed by atoms with E-state index in [9.17, 15) is 5.11 Å². The van der Waals surface area contributed by atoms with Gasteiger partial charge in [0.05, 0.1) is 12.1 Å². The van der Waals surface area contributed by atoms with Crippen molar-refractivity contribution < 1.29 is 9.84 Å². The van der Waals surface area contributed by atoms with Crippen LogP contribution < -0.4 is 10.1 Å². The van der Waals surface area contributed by atoms with E-state index in [0.29, 0.717) is 12.3 Å². The fourth-order valence-corrected chi connectivity index (χ4v) is 2.64. The Morgan fingerprint density at radius 1 is 1.24 bits per heavy atom. The van der Waals surface area contributed by atoms with Crippen LogP contribution in [0.5, 0.6) is 11.6 Å². The molecule has 0 unspecified atom stereocenters. The van der Waals surface area contributed by atoms with Crippen molar-refractivity contribution in [3.63, 3.8) is 0 Å². The third kappa shape index (κ3) is 3.77. The fraction of sp³-hybridized carbons (Fsp3) is 0.167. The highest BCUT2D eigenvalue weighted by Crippen LogP contribution is 2.36. The van der Waals surface area contributed by atoms with Crippen LogP contribution in [0.1, 0.15) is 12.5 Å². The number of rotatable bonds is 4. The molecule has 3 N–H and O–H groups in total. The molecule has 1 aromatic heterocycles. The van der Waals surface area contributed by atoms with Gasteiger partial charge >= 0.3 is 0 Å². The molecule has 25 heavy (non-hydrogen) atoms. The molecule has 0 bridgehead atoms.